The van der Waals surface area contributed by atoms with E-state index in [1.165, 1.54) is 23.3 Å². The number of phenolic OH excluding ortho intramolecular Hbond substituents is 1. The van der Waals surface area contributed by atoms with Gasteiger partial charge in [-0.15, -0.1) is 0 Å². The minimum Gasteiger partial charge on any atom is -0.506 e. The van der Waals surface area contributed by atoms with Crippen molar-refractivity contribution in [2.45, 2.75) is 76.9 Å². The highest BCUT2D eigenvalue weighted by Gasteiger charge is 2.24. The van der Waals surface area contributed by atoms with E-state index in [1.54, 1.807) is 36.2 Å². The SMILES string of the molecule is C[C@H](CC[C@H](O)c1ccc(O)c2[nH]c(=O)ccc12)Cc1cccc(CCCC(=O)c2ccc(N(C)C(=O)CCN3CCC(OC(=O)Nc4ccccc4-c4ccccc4)CC3)cc2)c1. The Kier molecular flexibility index (Phi) is 15.4. The van der Waals surface area contributed by atoms with E-state index in [0.717, 1.165) is 55.6 Å². The average Bonchev–Trinajstić information content (AvgIpc) is 3.31. The first-order valence-corrected chi connectivity index (χ1v) is 22.4. The fourth-order valence-electron chi connectivity index (χ4n) is 8.60. The highest BCUT2D eigenvalue weighted by atomic mass is 16.6. The van der Waals surface area contributed by atoms with Crippen molar-refractivity contribution in [2.24, 2.45) is 5.92 Å². The predicted molar refractivity (Wildman–Crippen MR) is 253 cm³/mol. The lowest BCUT2D eigenvalue weighted by molar-refractivity contribution is -0.118. The van der Waals surface area contributed by atoms with E-state index in [2.05, 4.69) is 46.4 Å². The van der Waals surface area contributed by atoms with Crippen molar-refractivity contribution in [3.05, 3.63) is 160 Å². The van der Waals surface area contributed by atoms with Crippen molar-refractivity contribution in [1.29, 1.82) is 0 Å². The predicted octanol–water partition coefficient (Wildman–Crippen LogP) is 9.86. The van der Waals surface area contributed by atoms with E-state index < -0.39 is 12.2 Å². The summed E-state index contributed by atoms with van der Waals surface area (Å²) in [6, 6.07) is 39.6. The highest BCUT2D eigenvalue weighted by molar-refractivity contribution is 5.98. The molecule has 2 amide bonds. The second kappa shape index (κ2) is 21.7. The topological polar surface area (TPSA) is 152 Å². The van der Waals surface area contributed by atoms with Gasteiger partial charge in [-0.3, -0.25) is 19.7 Å². The van der Waals surface area contributed by atoms with E-state index in [1.807, 2.05) is 66.7 Å². The number of likely N-dealkylation sites (tertiary alicyclic amines) is 1. The molecule has 4 N–H and O–H groups in total. The summed E-state index contributed by atoms with van der Waals surface area (Å²) in [5, 5.41) is 24.8. The molecule has 1 fully saturated rings. The molecule has 1 aromatic heterocycles. The fraction of sp³-hybridized carbons (Fsp3) is 0.321. The summed E-state index contributed by atoms with van der Waals surface area (Å²) in [6.07, 6.45) is 4.47. The van der Waals surface area contributed by atoms with Gasteiger partial charge in [0.1, 0.15) is 11.9 Å². The third-order valence-corrected chi connectivity index (χ3v) is 12.3. The molecule has 5 aromatic carbocycles. The molecule has 0 saturated carbocycles. The number of fused-ring (bicyclic) bond motifs is 1. The zero-order chi connectivity index (χ0) is 45.0. The summed E-state index contributed by atoms with van der Waals surface area (Å²) in [6.45, 7) is 4.25. The molecular weight excluding hydrogens is 805 g/mol. The third kappa shape index (κ3) is 12.1. The molecular formula is C53H58N4O7. The number of aromatic nitrogens is 1. The number of anilines is 2. The lowest BCUT2D eigenvalue weighted by Gasteiger charge is -2.31. The summed E-state index contributed by atoms with van der Waals surface area (Å²) < 4.78 is 5.78. The van der Waals surface area contributed by atoms with Gasteiger partial charge in [0, 0.05) is 67.8 Å². The van der Waals surface area contributed by atoms with Crippen LogP contribution in [-0.4, -0.2) is 70.7 Å². The molecule has 0 unspecified atom stereocenters. The molecule has 1 aliphatic rings. The van der Waals surface area contributed by atoms with Crippen molar-refractivity contribution in [3.8, 4) is 16.9 Å². The van der Waals surface area contributed by atoms with E-state index >= 15 is 0 Å². The van der Waals surface area contributed by atoms with Crippen molar-refractivity contribution >= 4 is 40.1 Å². The summed E-state index contributed by atoms with van der Waals surface area (Å²) in [4.78, 5) is 57.4. The lowest BCUT2D eigenvalue weighted by atomic mass is 9.91. The van der Waals surface area contributed by atoms with Crippen LogP contribution in [0.5, 0.6) is 5.75 Å². The molecule has 2 heterocycles. The van der Waals surface area contributed by atoms with Gasteiger partial charge < -0.3 is 29.7 Å². The number of H-pyrrole nitrogens is 1. The second-order valence-electron chi connectivity index (χ2n) is 17.0. The first-order valence-electron chi connectivity index (χ1n) is 22.4. The number of ether oxygens (including phenoxy) is 1. The maximum absolute atomic E-state index is 13.2. The fourth-order valence-corrected chi connectivity index (χ4v) is 8.60. The summed E-state index contributed by atoms with van der Waals surface area (Å²) >= 11 is 0. The molecule has 0 radical (unpaired) electrons. The number of pyridine rings is 1. The lowest BCUT2D eigenvalue weighted by Crippen LogP contribution is -2.40. The molecule has 7 rings (SSSR count). The Balaban J connectivity index is 0.791. The second-order valence-corrected chi connectivity index (χ2v) is 17.0. The van der Waals surface area contributed by atoms with Gasteiger partial charge in [0.05, 0.1) is 17.3 Å². The number of hydrogen-bond donors (Lipinski definition) is 4. The Morgan fingerprint density at radius 1 is 0.844 bits per heavy atom. The Hall–Kier alpha value is -6.56. The van der Waals surface area contributed by atoms with Crippen LogP contribution >= 0.6 is 0 Å². The van der Waals surface area contributed by atoms with Crippen LogP contribution in [0.25, 0.3) is 22.0 Å². The number of para-hydroxylation sites is 1. The molecule has 64 heavy (non-hydrogen) atoms. The van der Waals surface area contributed by atoms with Crippen LogP contribution in [0, 0.1) is 5.92 Å². The number of carbonyl (C=O) groups is 3. The molecule has 11 nitrogen and oxygen atoms in total. The molecule has 2 atom stereocenters. The first kappa shape index (κ1) is 45.5. The van der Waals surface area contributed by atoms with Crippen LogP contribution in [0.4, 0.5) is 16.2 Å². The first-order chi connectivity index (χ1) is 31.0. The molecule has 1 aliphatic heterocycles. The molecule has 0 bridgehead atoms. The minimum absolute atomic E-state index is 0.00879. The number of carbonyl (C=O) groups excluding carboxylic acids is 3. The number of piperidine rings is 1. The maximum Gasteiger partial charge on any atom is 0.411 e. The Labute approximate surface area is 374 Å². The number of amides is 2. The van der Waals surface area contributed by atoms with Gasteiger partial charge in [-0.05, 0) is 116 Å². The minimum atomic E-state index is -0.730. The van der Waals surface area contributed by atoms with Crippen molar-refractivity contribution in [3.63, 3.8) is 0 Å². The Morgan fingerprint density at radius 3 is 2.36 bits per heavy atom. The van der Waals surface area contributed by atoms with E-state index in [-0.39, 0.29) is 29.1 Å². The number of aromatic amines is 1. The highest BCUT2D eigenvalue weighted by Crippen LogP contribution is 2.32. The van der Waals surface area contributed by atoms with Gasteiger partial charge in [-0.1, -0.05) is 85.8 Å². The van der Waals surface area contributed by atoms with Gasteiger partial charge in [0.25, 0.3) is 0 Å². The van der Waals surface area contributed by atoms with Crippen molar-refractivity contribution in [1.82, 2.24) is 9.88 Å². The summed E-state index contributed by atoms with van der Waals surface area (Å²) in [5.41, 5.74) is 7.11. The van der Waals surface area contributed by atoms with Crippen LogP contribution in [0.2, 0.25) is 0 Å². The van der Waals surface area contributed by atoms with Crippen LogP contribution in [0.15, 0.2) is 132 Å². The number of hydrogen-bond acceptors (Lipinski definition) is 8. The number of benzene rings is 5. The van der Waals surface area contributed by atoms with Crippen LogP contribution in [-0.2, 0) is 22.4 Å². The van der Waals surface area contributed by atoms with Crippen LogP contribution in [0.3, 0.4) is 0 Å². The molecule has 0 aliphatic carbocycles. The van der Waals surface area contributed by atoms with Gasteiger partial charge >= 0.3 is 6.09 Å². The number of rotatable bonds is 18. The molecule has 332 valence electrons. The number of nitrogens with zero attached hydrogens (tertiary/aromatic N) is 2. The third-order valence-electron chi connectivity index (χ3n) is 12.3. The maximum atomic E-state index is 13.2. The quantitative estimate of drug-likeness (QED) is 0.0624. The number of ketones is 1. The van der Waals surface area contributed by atoms with Crippen LogP contribution in [0.1, 0.15) is 85.0 Å². The van der Waals surface area contributed by atoms with Crippen LogP contribution < -0.4 is 15.8 Å². The smallest absolute Gasteiger partial charge is 0.411 e. The number of aryl methyl sites for hydroxylation is 1. The van der Waals surface area contributed by atoms with Gasteiger partial charge in [0.2, 0.25) is 11.5 Å². The van der Waals surface area contributed by atoms with E-state index in [9.17, 15) is 29.4 Å². The van der Waals surface area contributed by atoms with Gasteiger partial charge in [-0.2, -0.15) is 0 Å². The summed E-state index contributed by atoms with van der Waals surface area (Å²) in [5.74, 6) is 0.349. The molecule has 11 heteroatoms. The normalized spacial score (nSPS) is 14.2. The van der Waals surface area contributed by atoms with E-state index in [0.29, 0.717) is 72.3 Å². The number of Topliss-reactive ketones (excluding diaryl/α,β-unsaturated/α-hetero) is 1. The largest absolute Gasteiger partial charge is 0.506 e. The number of aromatic hydroxyl groups is 1. The zero-order valence-electron chi connectivity index (χ0n) is 36.7. The zero-order valence-corrected chi connectivity index (χ0v) is 36.7. The number of aliphatic hydroxyl groups excluding tert-OH is 1. The van der Waals surface area contributed by atoms with Crippen molar-refractivity contribution in [2.75, 3.05) is 36.9 Å². The van der Waals surface area contributed by atoms with Gasteiger partial charge in [-0.25, -0.2) is 4.79 Å². The Bertz CT molecular complexity index is 2580. The molecule has 0 spiro atoms. The van der Waals surface area contributed by atoms with E-state index in [4.69, 9.17) is 4.74 Å². The molecule has 6 aromatic rings. The Morgan fingerprint density at radius 2 is 1.58 bits per heavy atom. The number of aliphatic hydroxyl groups is 1. The number of phenols is 1. The standard InChI is InChI=1S/C53H58N4O7/c1-36(18-25-48(59)44-23-26-49(60)52-45(44)24-27-50(61)55-52)34-38-12-8-10-37(35-38)11-9-17-47(58)40-19-21-41(22-20-40)56(2)51(62)30-33-57-31-28-42(29-32-57)64-53(63)54-46-16-7-6-15-43(46)39-13-4-3-5-14-39/h3-8,10,12-16,19-24,26-27,35-36,42,48,59-60H,9,11,17-18,25,28-34H2,1-2H3,(H,54,63)(H,55,61)/t36-,48+/m1/s1. The van der Waals surface area contributed by atoms with Gasteiger partial charge in [0.15, 0.2) is 5.78 Å². The number of nitrogens with one attached hydrogen (secondary N) is 2. The monoisotopic (exact) mass is 862 g/mol. The summed E-state index contributed by atoms with van der Waals surface area (Å²) in [7, 11) is 1.76. The molecule has 1 saturated heterocycles. The van der Waals surface area contributed by atoms with Crippen molar-refractivity contribution < 1.29 is 29.3 Å². The average molecular weight is 863 g/mol.